The number of benzene rings is 1. The molecular formula is C21H22N4OS. The van der Waals surface area contributed by atoms with Crippen molar-refractivity contribution in [2.24, 2.45) is 0 Å². The average Bonchev–Trinajstić information content (AvgIpc) is 3.20. The molecule has 0 aliphatic carbocycles. The summed E-state index contributed by atoms with van der Waals surface area (Å²) in [6.45, 7) is 4.17. The fourth-order valence-corrected chi connectivity index (χ4v) is 4.11. The molecule has 2 unspecified atom stereocenters. The number of pyridine rings is 1. The van der Waals surface area contributed by atoms with E-state index < -0.39 is 0 Å². The Hall–Kier alpha value is -2.86. The first-order valence-corrected chi connectivity index (χ1v) is 9.30. The molecule has 1 fully saturated rings. The fourth-order valence-electron chi connectivity index (χ4n) is 3.76. The minimum absolute atomic E-state index is 0.00976. The van der Waals surface area contributed by atoms with Gasteiger partial charge in [0, 0.05) is 29.3 Å². The third kappa shape index (κ3) is 3.17. The van der Waals surface area contributed by atoms with Crippen molar-refractivity contribution in [2.45, 2.75) is 25.9 Å². The van der Waals surface area contributed by atoms with Gasteiger partial charge in [0.1, 0.15) is 5.75 Å². The molecule has 3 aromatic rings. The largest absolute Gasteiger partial charge is 0.497 e. The van der Waals surface area contributed by atoms with Gasteiger partial charge >= 0.3 is 0 Å². The molecule has 2 N–H and O–H groups in total. The number of nitrogens with zero attached hydrogens (tertiary/aromatic N) is 2. The number of H-pyrrole nitrogens is 1. The molecular weight excluding hydrogens is 356 g/mol. The van der Waals surface area contributed by atoms with Crippen LogP contribution in [0.25, 0.3) is 0 Å². The molecule has 0 saturated carbocycles. The van der Waals surface area contributed by atoms with Crippen LogP contribution < -0.4 is 15.0 Å². The van der Waals surface area contributed by atoms with Crippen LogP contribution >= 0.6 is 12.2 Å². The van der Waals surface area contributed by atoms with Crippen LogP contribution in [-0.4, -0.2) is 22.2 Å². The summed E-state index contributed by atoms with van der Waals surface area (Å²) >= 11 is 5.74. The predicted molar refractivity (Wildman–Crippen MR) is 111 cm³/mol. The number of aromatic amines is 1. The van der Waals surface area contributed by atoms with E-state index in [9.17, 15) is 0 Å². The normalized spacial score (nSPS) is 19.2. The number of anilines is 1. The van der Waals surface area contributed by atoms with Crippen molar-refractivity contribution >= 4 is 23.0 Å². The highest BCUT2D eigenvalue weighted by Crippen LogP contribution is 2.43. The van der Waals surface area contributed by atoms with Crippen LogP contribution in [0.1, 0.15) is 34.7 Å². The molecule has 6 heteroatoms. The second kappa shape index (κ2) is 7.04. The van der Waals surface area contributed by atoms with Crippen LogP contribution in [-0.2, 0) is 0 Å². The molecule has 3 heterocycles. The van der Waals surface area contributed by atoms with E-state index in [4.69, 9.17) is 17.0 Å². The van der Waals surface area contributed by atoms with Crippen molar-refractivity contribution in [3.63, 3.8) is 0 Å². The minimum Gasteiger partial charge on any atom is -0.497 e. The number of aromatic nitrogens is 2. The molecule has 2 aromatic heterocycles. The third-order valence-corrected chi connectivity index (χ3v) is 5.25. The monoisotopic (exact) mass is 378 g/mol. The van der Waals surface area contributed by atoms with Crippen molar-refractivity contribution in [3.8, 4) is 5.75 Å². The van der Waals surface area contributed by atoms with E-state index in [-0.39, 0.29) is 12.1 Å². The van der Waals surface area contributed by atoms with Crippen LogP contribution in [0.3, 0.4) is 0 Å². The summed E-state index contributed by atoms with van der Waals surface area (Å²) < 4.78 is 5.42. The van der Waals surface area contributed by atoms with Crippen LogP contribution in [0, 0.1) is 13.8 Å². The van der Waals surface area contributed by atoms with E-state index in [1.807, 2.05) is 42.6 Å². The highest BCUT2D eigenvalue weighted by Gasteiger charge is 2.41. The maximum absolute atomic E-state index is 5.74. The highest BCUT2D eigenvalue weighted by atomic mass is 32.1. The van der Waals surface area contributed by atoms with Gasteiger partial charge in [0.15, 0.2) is 5.11 Å². The van der Waals surface area contributed by atoms with Crippen LogP contribution in [0.4, 0.5) is 5.69 Å². The first kappa shape index (κ1) is 17.5. The van der Waals surface area contributed by atoms with E-state index in [0.717, 1.165) is 28.5 Å². The number of methoxy groups -OCH3 is 1. The molecule has 1 aromatic carbocycles. The number of aryl methyl sites for hydroxylation is 2. The first-order valence-electron chi connectivity index (χ1n) is 8.89. The predicted octanol–water partition coefficient (Wildman–Crippen LogP) is 4.21. The zero-order valence-corrected chi connectivity index (χ0v) is 16.4. The van der Waals surface area contributed by atoms with Gasteiger partial charge in [-0.15, -0.1) is 0 Å². The molecule has 1 saturated heterocycles. The van der Waals surface area contributed by atoms with Gasteiger partial charge < -0.3 is 19.9 Å². The van der Waals surface area contributed by atoms with E-state index in [1.54, 1.807) is 7.11 Å². The summed E-state index contributed by atoms with van der Waals surface area (Å²) in [5, 5.41) is 4.16. The second-order valence-electron chi connectivity index (χ2n) is 6.73. The number of ether oxygens (including phenoxy) is 1. The van der Waals surface area contributed by atoms with Crippen molar-refractivity contribution in [2.75, 3.05) is 12.0 Å². The van der Waals surface area contributed by atoms with Crippen LogP contribution in [0.15, 0.2) is 54.7 Å². The highest BCUT2D eigenvalue weighted by molar-refractivity contribution is 7.80. The zero-order valence-electron chi connectivity index (χ0n) is 15.6. The molecule has 1 aliphatic rings. The number of nitrogens with one attached hydrogen (secondary N) is 2. The SMILES string of the molecule is COc1cccc(N2C(=S)NC(c3ccccn3)C2c2cc(C)[nH]c2C)c1. The van der Waals surface area contributed by atoms with Gasteiger partial charge in [0.05, 0.1) is 24.9 Å². The summed E-state index contributed by atoms with van der Waals surface area (Å²) in [5.41, 5.74) is 5.43. The number of rotatable bonds is 4. The van der Waals surface area contributed by atoms with Gasteiger partial charge in [-0.1, -0.05) is 12.1 Å². The maximum atomic E-state index is 5.74. The van der Waals surface area contributed by atoms with Crippen molar-refractivity contribution in [1.82, 2.24) is 15.3 Å². The Bertz CT molecular complexity index is 969. The summed E-state index contributed by atoms with van der Waals surface area (Å²) in [4.78, 5) is 10.2. The quantitative estimate of drug-likeness (QED) is 0.666. The Labute approximate surface area is 164 Å². The molecule has 0 bridgehead atoms. The van der Waals surface area contributed by atoms with Crippen LogP contribution in [0.5, 0.6) is 5.75 Å². The maximum Gasteiger partial charge on any atom is 0.174 e. The van der Waals surface area contributed by atoms with E-state index in [1.165, 1.54) is 5.56 Å². The molecule has 27 heavy (non-hydrogen) atoms. The molecule has 4 rings (SSSR count). The molecule has 0 radical (unpaired) electrons. The Kier molecular flexibility index (Phi) is 4.58. The summed E-state index contributed by atoms with van der Waals surface area (Å²) in [6.07, 6.45) is 1.82. The standard InChI is InChI=1S/C21H22N4OS/c1-13-11-17(14(2)23-13)20-19(18-9-4-5-10-22-18)24-21(27)25(20)15-7-6-8-16(12-15)26-3/h4-12,19-20,23H,1-3H3,(H,24,27). The van der Waals surface area contributed by atoms with Crippen molar-refractivity contribution in [3.05, 3.63) is 77.4 Å². The lowest BCUT2D eigenvalue weighted by atomic mass is 9.96. The van der Waals surface area contributed by atoms with Crippen LogP contribution in [0.2, 0.25) is 0 Å². The number of hydrogen-bond donors (Lipinski definition) is 2. The summed E-state index contributed by atoms with van der Waals surface area (Å²) in [5.74, 6) is 0.803. The lowest BCUT2D eigenvalue weighted by Crippen LogP contribution is -2.29. The molecule has 138 valence electrons. The Morgan fingerprint density at radius 3 is 2.63 bits per heavy atom. The van der Waals surface area contributed by atoms with Gasteiger partial charge in [0.2, 0.25) is 0 Å². The number of hydrogen-bond acceptors (Lipinski definition) is 3. The van der Waals surface area contributed by atoms with Crippen molar-refractivity contribution < 1.29 is 4.74 Å². The van der Waals surface area contributed by atoms with Crippen molar-refractivity contribution in [1.29, 1.82) is 0 Å². The van der Waals surface area contributed by atoms with Gasteiger partial charge in [-0.2, -0.15) is 0 Å². The Balaban J connectivity index is 1.85. The summed E-state index contributed by atoms with van der Waals surface area (Å²) in [7, 11) is 1.67. The second-order valence-corrected chi connectivity index (χ2v) is 7.12. The van der Waals surface area contributed by atoms with E-state index in [0.29, 0.717) is 5.11 Å². The minimum atomic E-state index is -0.0428. The molecule has 0 spiro atoms. The van der Waals surface area contributed by atoms with E-state index in [2.05, 4.69) is 46.2 Å². The summed E-state index contributed by atoms with van der Waals surface area (Å²) in [6, 6.07) is 16.1. The molecule has 1 aliphatic heterocycles. The van der Waals surface area contributed by atoms with Gasteiger partial charge in [-0.25, -0.2) is 0 Å². The van der Waals surface area contributed by atoms with Gasteiger partial charge in [-0.3, -0.25) is 4.98 Å². The smallest absolute Gasteiger partial charge is 0.174 e. The van der Waals surface area contributed by atoms with E-state index >= 15 is 0 Å². The zero-order chi connectivity index (χ0) is 19.0. The number of thiocarbonyl (C=S) groups is 1. The Morgan fingerprint density at radius 1 is 1.11 bits per heavy atom. The molecule has 5 nitrogen and oxygen atoms in total. The first-order chi connectivity index (χ1) is 13.1. The Morgan fingerprint density at radius 2 is 1.96 bits per heavy atom. The van der Waals surface area contributed by atoms with Gasteiger partial charge in [-0.05, 0) is 62.0 Å². The average molecular weight is 379 g/mol. The molecule has 2 atom stereocenters. The lowest BCUT2D eigenvalue weighted by Gasteiger charge is -2.28. The van der Waals surface area contributed by atoms with Gasteiger partial charge in [0.25, 0.3) is 0 Å². The third-order valence-electron chi connectivity index (χ3n) is 4.94. The lowest BCUT2D eigenvalue weighted by molar-refractivity contribution is 0.415. The molecule has 0 amide bonds. The fraction of sp³-hybridized carbons (Fsp3) is 0.238. The topological polar surface area (TPSA) is 53.2 Å².